The third-order valence-corrected chi connectivity index (χ3v) is 2.53. The summed E-state index contributed by atoms with van der Waals surface area (Å²) >= 11 is 0. The molecule has 1 aromatic heterocycles. The second-order valence-corrected chi connectivity index (χ2v) is 3.91. The Labute approximate surface area is 106 Å². The lowest BCUT2D eigenvalue weighted by atomic mass is 10.2. The topological polar surface area (TPSA) is 40.7 Å². The van der Waals surface area contributed by atoms with Gasteiger partial charge in [0.15, 0.2) is 0 Å². The fourth-order valence-corrected chi connectivity index (χ4v) is 1.59. The van der Waals surface area contributed by atoms with Crippen LogP contribution in [0.1, 0.15) is 11.4 Å². The first-order valence-corrected chi connectivity index (χ1v) is 5.55. The van der Waals surface area contributed by atoms with E-state index in [1.54, 1.807) is 12.4 Å². The number of rotatable bonds is 4. The zero-order valence-electron chi connectivity index (χ0n) is 9.76. The predicted molar refractivity (Wildman–Crippen MR) is 62.2 cm³/mol. The average Bonchev–Trinajstić information content (AvgIpc) is 2.83. The van der Waals surface area contributed by atoms with Crippen LogP contribution in [0.2, 0.25) is 0 Å². The van der Waals surface area contributed by atoms with Gasteiger partial charge in [0, 0.05) is 25.4 Å². The van der Waals surface area contributed by atoms with Crippen LogP contribution in [0.25, 0.3) is 0 Å². The largest absolute Gasteiger partial charge is 0.416 e. The number of H-pyrrole nitrogens is 1. The van der Waals surface area contributed by atoms with Gasteiger partial charge in [-0.1, -0.05) is 0 Å². The highest BCUT2D eigenvalue weighted by Gasteiger charge is 2.31. The lowest BCUT2D eigenvalue weighted by molar-refractivity contribution is -0.137. The second kappa shape index (κ2) is 5.29. The van der Waals surface area contributed by atoms with Crippen molar-refractivity contribution in [2.45, 2.75) is 12.6 Å². The van der Waals surface area contributed by atoms with Gasteiger partial charge in [0.05, 0.1) is 11.3 Å². The van der Waals surface area contributed by atoms with Crippen LogP contribution in [0.3, 0.4) is 0 Å². The molecule has 1 heterocycles. The van der Waals surface area contributed by atoms with Gasteiger partial charge in [-0.25, -0.2) is 9.37 Å². The quantitative estimate of drug-likeness (QED) is 0.840. The van der Waals surface area contributed by atoms with Crippen molar-refractivity contribution in [3.05, 3.63) is 47.8 Å². The summed E-state index contributed by atoms with van der Waals surface area (Å²) in [5.74, 6) is -0.200. The summed E-state index contributed by atoms with van der Waals surface area (Å²) in [6, 6.07) is 2.41. The SMILES string of the molecule is Fc1cc(C(F)(F)F)ccc1NCCc1ncc[nH]1. The summed E-state index contributed by atoms with van der Waals surface area (Å²) in [6.07, 6.45) is -0.761. The Morgan fingerprint density at radius 1 is 1.26 bits per heavy atom. The minimum absolute atomic E-state index is 0.0413. The number of benzene rings is 1. The molecule has 0 aliphatic heterocycles. The van der Waals surface area contributed by atoms with E-state index in [0.29, 0.717) is 19.0 Å². The maximum atomic E-state index is 13.5. The maximum absolute atomic E-state index is 13.5. The van der Waals surface area contributed by atoms with E-state index in [1.165, 1.54) is 0 Å². The van der Waals surface area contributed by atoms with Gasteiger partial charge >= 0.3 is 6.18 Å². The molecule has 3 nitrogen and oxygen atoms in total. The van der Waals surface area contributed by atoms with Crippen molar-refractivity contribution in [2.75, 3.05) is 11.9 Å². The van der Waals surface area contributed by atoms with E-state index in [4.69, 9.17) is 0 Å². The summed E-state index contributed by atoms with van der Waals surface area (Å²) in [5.41, 5.74) is -0.957. The molecule has 0 saturated heterocycles. The standard InChI is InChI=1S/C12H11F4N3/c13-9-7-8(12(14,15)16)1-2-10(9)17-4-3-11-18-5-6-19-11/h1-2,5-7,17H,3-4H2,(H,18,19). The predicted octanol–water partition coefficient (Wildman–Crippen LogP) is 3.22. The van der Waals surface area contributed by atoms with E-state index in [-0.39, 0.29) is 5.69 Å². The number of imidazole rings is 1. The van der Waals surface area contributed by atoms with E-state index < -0.39 is 17.6 Å². The Bertz CT molecular complexity index is 534. The third kappa shape index (κ3) is 3.46. The lowest BCUT2D eigenvalue weighted by Gasteiger charge is -2.10. The molecule has 0 saturated carbocycles. The van der Waals surface area contributed by atoms with E-state index in [2.05, 4.69) is 15.3 Å². The number of hydrogen-bond donors (Lipinski definition) is 2. The summed E-state index contributed by atoms with van der Waals surface area (Å²) in [6.45, 7) is 0.371. The van der Waals surface area contributed by atoms with Crippen molar-refractivity contribution in [2.24, 2.45) is 0 Å². The molecule has 0 fully saturated rings. The first-order chi connectivity index (χ1) is 8.97. The van der Waals surface area contributed by atoms with Gasteiger partial charge in [-0.05, 0) is 18.2 Å². The third-order valence-electron chi connectivity index (χ3n) is 2.53. The molecule has 1 aromatic carbocycles. The highest BCUT2D eigenvalue weighted by Crippen LogP contribution is 2.31. The number of nitrogens with one attached hydrogen (secondary N) is 2. The lowest BCUT2D eigenvalue weighted by Crippen LogP contribution is -2.09. The Hall–Kier alpha value is -2.05. The van der Waals surface area contributed by atoms with Gasteiger partial charge < -0.3 is 10.3 Å². The minimum Gasteiger partial charge on any atom is -0.382 e. The number of alkyl halides is 3. The molecule has 19 heavy (non-hydrogen) atoms. The number of aromatic amines is 1. The molecule has 102 valence electrons. The van der Waals surface area contributed by atoms with Gasteiger partial charge in [-0.2, -0.15) is 13.2 Å². The molecule has 0 spiro atoms. The zero-order chi connectivity index (χ0) is 13.9. The number of halogens is 4. The van der Waals surface area contributed by atoms with Crippen molar-refractivity contribution >= 4 is 5.69 Å². The van der Waals surface area contributed by atoms with Crippen molar-refractivity contribution in [3.63, 3.8) is 0 Å². The molecule has 0 radical (unpaired) electrons. The van der Waals surface area contributed by atoms with Crippen molar-refractivity contribution in [1.82, 2.24) is 9.97 Å². The highest BCUT2D eigenvalue weighted by atomic mass is 19.4. The van der Waals surface area contributed by atoms with Crippen LogP contribution in [0.4, 0.5) is 23.2 Å². The Kier molecular flexibility index (Phi) is 3.73. The van der Waals surface area contributed by atoms with Gasteiger partial charge in [0.25, 0.3) is 0 Å². The van der Waals surface area contributed by atoms with Gasteiger partial charge in [-0.3, -0.25) is 0 Å². The second-order valence-electron chi connectivity index (χ2n) is 3.91. The molecule has 2 N–H and O–H groups in total. The van der Waals surface area contributed by atoms with E-state index >= 15 is 0 Å². The molecule has 0 atom stereocenters. The minimum atomic E-state index is -4.53. The number of hydrogen-bond acceptors (Lipinski definition) is 2. The zero-order valence-corrected chi connectivity index (χ0v) is 9.76. The van der Waals surface area contributed by atoms with Crippen molar-refractivity contribution < 1.29 is 17.6 Å². The molecular weight excluding hydrogens is 262 g/mol. The summed E-state index contributed by atoms with van der Waals surface area (Å²) in [4.78, 5) is 6.85. The van der Waals surface area contributed by atoms with E-state index in [0.717, 1.165) is 18.0 Å². The summed E-state index contributed by atoms with van der Waals surface area (Å²) in [5, 5.41) is 2.73. The molecule has 2 rings (SSSR count). The number of aromatic nitrogens is 2. The summed E-state index contributed by atoms with van der Waals surface area (Å²) in [7, 11) is 0. The van der Waals surface area contributed by atoms with Crippen LogP contribution >= 0.6 is 0 Å². The average molecular weight is 273 g/mol. The van der Waals surface area contributed by atoms with Crippen LogP contribution in [-0.4, -0.2) is 16.5 Å². The Morgan fingerprint density at radius 3 is 2.63 bits per heavy atom. The molecule has 0 aliphatic rings. The maximum Gasteiger partial charge on any atom is 0.416 e. The van der Waals surface area contributed by atoms with Gasteiger partial charge in [0.2, 0.25) is 0 Å². The molecule has 0 bridgehead atoms. The fourth-order valence-electron chi connectivity index (χ4n) is 1.59. The van der Waals surface area contributed by atoms with Crippen LogP contribution in [-0.2, 0) is 12.6 Å². The molecule has 0 aliphatic carbocycles. The molecule has 0 amide bonds. The van der Waals surface area contributed by atoms with Gasteiger partial charge in [-0.15, -0.1) is 0 Å². The molecular formula is C12H11F4N3. The van der Waals surface area contributed by atoms with Crippen LogP contribution in [0.5, 0.6) is 0 Å². The summed E-state index contributed by atoms with van der Waals surface area (Å²) < 4.78 is 50.5. The van der Waals surface area contributed by atoms with Crippen molar-refractivity contribution in [3.8, 4) is 0 Å². The van der Waals surface area contributed by atoms with Crippen LogP contribution < -0.4 is 5.32 Å². The van der Waals surface area contributed by atoms with Crippen LogP contribution in [0.15, 0.2) is 30.6 Å². The monoisotopic (exact) mass is 273 g/mol. The first kappa shape index (κ1) is 13.4. The van der Waals surface area contributed by atoms with Gasteiger partial charge in [0.1, 0.15) is 11.6 Å². The first-order valence-electron chi connectivity index (χ1n) is 5.55. The molecule has 7 heteroatoms. The normalized spacial score (nSPS) is 11.6. The molecule has 2 aromatic rings. The van der Waals surface area contributed by atoms with E-state index in [9.17, 15) is 17.6 Å². The van der Waals surface area contributed by atoms with E-state index in [1.807, 2.05) is 0 Å². The Morgan fingerprint density at radius 2 is 2.05 bits per heavy atom. The highest BCUT2D eigenvalue weighted by molar-refractivity contribution is 5.46. The number of anilines is 1. The molecule has 0 unspecified atom stereocenters. The fraction of sp³-hybridized carbons (Fsp3) is 0.250. The van der Waals surface area contributed by atoms with Crippen LogP contribution in [0, 0.1) is 5.82 Å². The Balaban J connectivity index is 1.97. The number of nitrogens with zero attached hydrogens (tertiary/aromatic N) is 1. The smallest absolute Gasteiger partial charge is 0.382 e. The van der Waals surface area contributed by atoms with Crippen molar-refractivity contribution in [1.29, 1.82) is 0 Å².